The predicted octanol–water partition coefficient (Wildman–Crippen LogP) is 1.83. The molecular weight excluding hydrogens is 306 g/mol. The van der Waals surface area contributed by atoms with E-state index in [0.29, 0.717) is 12.0 Å². The van der Waals surface area contributed by atoms with E-state index in [4.69, 9.17) is 0 Å². The number of rotatable bonds is 2. The van der Waals surface area contributed by atoms with Crippen LogP contribution in [0, 0.1) is 0 Å². The zero-order valence-electron chi connectivity index (χ0n) is 13.2. The molecule has 24 heavy (non-hydrogen) atoms. The molecule has 6 heteroatoms. The third kappa shape index (κ3) is 1.92. The molecule has 1 saturated heterocycles. The number of aromatic amines is 1. The number of amides is 3. The molecule has 2 aliphatic rings. The minimum Gasteiger partial charge on any atom is -0.329 e. The predicted molar refractivity (Wildman–Crippen MR) is 87.3 cm³/mol. The molecule has 0 bridgehead atoms. The van der Waals surface area contributed by atoms with E-state index in [2.05, 4.69) is 10.3 Å². The Balaban J connectivity index is 1.74. The first-order valence-corrected chi connectivity index (χ1v) is 7.96. The van der Waals surface area contributed by atoms with Crippen molar-refractivity contribution in [2.45, 2.75) is 31.3 Å². The lowest BCUT2D eigenvalue weighted by Crippen LogP contribution is -2.42. The third-order valence-corrected chi connectivity index (χ3v) is 5.04. The number of hydrogen-bond donors (Lipinski definition) is 2. The number of H-pyrrole nitrogens is 1. The summed E-state index contributed by atoms with van der Waals surface area (Å²) in [5.41, 5.74) is 1.38. The molecule has 1 aromatic heterocycles. The van der Waals surface area contributed by atoms with Crippen LogP contribution in [0.3, 0.4) is 0 Å². The van der Waals surface area contributed by atoms with Gasteiger partial charge in [0.05, 0.1) is 6.04 Å². The van der Waals surface area contributed by atoms with Gasteiger partial charge in [0, 0.05) is 12.3 Å². The second kappa shape index (κ2) is 5.06. The number of hydrogen-bond acceptors (Lipinski definition) is 3. The minimum atomic E-state index is -0.969. The molecule has 2 aromatic rings. The maximum absolute atomic E-state index is 13.2. The van der Waals surface area contributed by atoms with Gasteiger partial charge in [-0.05, 0) is 42.5 Å². The Morgan fingerprint density at radius 3 is 2.75 bits per heavy atom. The highest BCUT2D eigenvalue weighted by atomic mass is 16.2. The van der Waals surface area contributed by atoms with Gasteiger partial charge in [0.15, 0.2) is 0 Å². The number of nitrogens with one attached hydrogen (secondary N) is 2. The average Bonchev–Trinajstić information content (AvgIpc) is 3.06. The monoisotopic (exact) mass is 323 g/mol. The molecule has 2 atom stereocenters. The van der Waals surface area contributed by atoms with E-state index >= 15 is 0 Å². The van der Waals surface area contributed by atoms with Crippen LogP contribution in [0.4, 0.5) is 4.79 Å². The van der Waals surface area contributed by atoms with Gasteiger partial charge in [-0.15, -0.1) is 0 Å². The molecule has 122 valence electrons. The summed E-state index contributed by atoms with van der Waals surface area (Å²) in [5, 5.41) is 2.90. The molecule has 0 saturated carbocycles. The minimum absolute atomic E-state index is 0.245. The summed E-state index contributed by atoms with van der Waals surface area (Å²) in [6.07, 6.45) is 2.85. The number of carbonyl (C=O) groups excluding carboxylic acids is 2. The van der Waals surface area contributed by atoms with Crippen molar-refractivity contribution >= 4 is 11.9 Å². The summed E-state index contributed by atoms with van der Waals surface area (Å²) >= 11 is 0. The fourth-order valence-corrected chi connectivity index (χ4v) is 3.78. The molecule has 2 unspecified atom stereocenters. The van der Waals surface area contributed by atoms with Crippen molar-refractivity contribution in [3.63, 3.8) is 0 Å². The van der Waals surface area contributed by atoms with E-state index in [-0.39, 0.29) is 11.5 Å². The lowest BCUT2D eigenvalue weighted by molar-refractivity contribution is -0.133. The molecule has 1 spiro atoms. The molecule has 1 aliphatic heterocycles. The molecule has 0 radical (unpaired) electrons. The van der Waals surface area contributed by atoms with Crippen molar-refractivity contribution in [1.82, 2.24) is 15.2 Å². The number of nitrogens with zero attached hydrogens (tertiary/aromatic N) is 1. The van der Waals surface area contributed by atoms with Crippen molar-refractivity contribution in [1.29, 1.82) is 0 Å². The normalized spacial score (nSPS) is 23.5. The zero-order valence-corrected chi connectivity index (χ0v) is 13.2. The quantitative estimate of drug-likeness (QED) is 0.827. The van der Waals surface area contributed by atoms with E-state index in [1.54, 1.807) is 13.0 Å². The number of carbonyl (C=O) groups is 2. The van der Waals surface area contributed by atoms with E-state index in [1.165, 1.54) is 17.2 Å². The van der Waals surface area contributed by atoms with Gasteiger partial charge < -0.3 is 10.3 Å². The molecule has 3 amide bonds. The Labute approximate surface area is 138 Å². The van der Waals surface area contributed by atoms with Crippen LogP contribution in [0.2, 0.25) is 0 Å². The summed E-state index contributed by atoms with van der Waals surface area (Å²) in [7, 11) is 0. The van der Waals surface area contributed by atoms with E-state index in [1.807, 2.05) is 24.3 Å². The van der Waals surface area contributed by atoms with Gasteiger partial charge >= 0.3 is 6.03 Å². The van der Waals surface area contributed by atoms with Crippen LogP contribution in [0.15, 0.2) is 47.4 Å². The van der Waals surface area contributed by atoms with Gasteiger partial charge in [0.25, 0.3) is 5.91 Å². The van der Waals surface area contributed by atoms with Gasteiger partial charge in [-0.25, -0.2) is 4.79 Å². The summed E-state index contributed by atoms with van der Waals surface area (Å²) in [6, 6.07) is 9.92. The van der Waals surface area contributed by atoms with Crippen LogP contribution >= 0.6 is 0 Å². The average molecular weight is 323 g/mol. The summed E-state index contributed by atoms with van der Waals surface area (Å²) < 4.78 is 0. The fourth-order valence-electron chi connectivity index (χ4n) is 3.78. The molecule has 2 heterocycles. The van der Waals surface area contributed by atoms with Crippen LogP contribution in [0.5, 0.6) is 0 Å². The number of aryl methyl sites for hydroxylation is 1. The van der Waals surface area contributed by atoms with Crippen molar-refractivity contribution in [2.75, 3.05) is 0 Å². The van der Waals surface area contributed by atoms with Crippen molar-refractivity contribution in [2.24, 2.45) is 0 Å². The summed E-state index contributed by atoms with van der Waals surface area (Å²) in [6.45, 7) is 1.76. The smallest absolute Gasteiger partial charge is 0.325 e. The van der Waals surface area contributed by atoms with Crippen LogP contribution in [-0.4, -0.2) is 21.8 Å². The largest absolute Gasteiger partial charge is 0.329 e. The highest BCUT2D eigenvalue weighted by molar-refractivity contribution is 6.08. The van der Waals surface area contributed by atoms with Crippen molar-refractivity contribution < 1.29 is 9.59 Å². The SMILES string of the molecule is CC(c1cc[nH]c(=O)c1)N1C(=O)NC2(CCc3ccccc32)C1=O. The van der Waals surface area contributed by atoms with Gasteiger partial charge in [-0.3, -0.25) is 14.5 Å². The standard InChI is InChI=1S/C18H17N3O3/c1-11(13-7-9-19-15(22)10-13)21-16(23)18(20-17(21)24)8-6-12-4-2-3-5-14(12)18/h2-5,7,9-11H,6,8H2,1H3,(H,19,22)(H,20,24). The zero-order chi connectivity index (χ0) is 16.9. The maximum Gasteiger partial charge on any atom is 0.325 e. The lowest BCUT2D eigenvalue weighted by atomic mass is 9.91. The van der Waals surface area contributed by atoms with Crippen molar-refractivity contribution in [3.8, 4) is 0 Å². The molecule has 1 aromatic carbocycles. The van der Waals surface area contributed by atoms with Crippen LogP contribution in [-0.2, 0) is 16.8 Å². The fraction of sp³-hybridized carbons (Fsp3) is 0.278. The molecular formula is C18H17N3O3. The molecule has 1 aliphatic carbocycles. The van der Waals surface area contributed by atoms with Crippen LogP contribution in [0.1, 0.15) is 36.1 Å². The first-order chi connectivity index (χ1) is 11.5. The highest BCUT2D eigenvalue weighted by Crippen LogP contribution is 2.43. The van der Waals surface area contributed by atoms with E-state index in [0.717, 1.165) is 17.5 Å². The number of urea groups is 1. The molecule has 6 nitrogen and oxygen atoms in total. The van der Waals surface area contributed by atoms with Gasteiger partial charge in [0.1, 0.15) is 5.54 Å². The molecule has 2 N–H and O–H groups in total. The number of aromatic nitrogens is 1. The lowest BCUT2D eigenvalue weighted by Gasteiger charge is -2.25. The Morgan fingerprint density at radius 2 is 1.96 bits per heavy atom. The Morgan fingerprint density at radius 1 is 1.17 bits per heavy atom. The Hall–Kier alpha value is -2.89. The molecule has 1 fully saturated rings. The van der Waals surface area contributed by atoms with Gasteiger partial charge in [-0.2, -0.15) is 0 Å². The Bertz CT molecular complexity index is 904. The first kappa shape index (κ1) is 14.7. The number of imide groups is 1. The van der Waals surface area contributed by atoms with Gasteiger partial charge in [-0.1, -0.05) is 24.3 Å². The summed E-state index contributed by atoms with van der Waals surface area (Å²) in [5.74, 6) is -0.245. The third-order valence-electron chi connectivity index (χ3n) is 5.04. The van der Waals surface area contributed by atoms with E-state index < -0.39 is 17.6 Å². The number of pyridine rings is 1. The maximum atomic E-state index is 13.2. The number of benzene rings is 1. The Kier molecular flexibility index (Phi) is 3.09. The summed E-state index contributed by atoms with van der Waals surface area (Å²) in [4.78, 5) is 41.0. The van der Waals surface area contributed by atoms with E-state index in [9.17, 15) is 14.4 Å². The second-order valence-corrected chi connectivity index (χ2v) is 6.33. The first-order valence-electron chi connectivity index (χ1n) is 7.96. The van der Waals surface area contributed by atoms with Crippen LogP contribution in [0.25, 0.3) is 0 Å². The van der Waals surface area contributed by atoms with Crippen molar-refractivity contribution in [3.05, 3.63) is 69.6 Å². The van der Waals surface area contributed by atoms with Gasteiger partial charge in [0.2, 0.25) is 5.56 Å². The number of fused-ring (bicyclic) bond motifs is 2. The van der Waals surface area contributed by atoms with Crippen LogP contribution < -0.4 is 10.9 Å². The molecule has 4 rings (SSSR count). The highest BCUT2D eigenvalue weighted by Gasteiger charge is 2.56. The second-order valence-electron chi connectivity index (χ2n) is 6.33. The topological polar surface area (TPSA) is 82.3 Å².